The maximum Gasteiger partial charge on any atom is 0.169 e. The number of para-hydroxylation sites is 1. The van der Waals surface area contributed by atoms with Gasteiger partial charge in [-0.3, -0.25) is 0 Å². The molecule has 1 N–H and O–H groups in total. The molecular formula is C43H27N3O2. The number of amidine groups is 2. The molecule has 5 nitrogen and oxygen atoms in total. The Labute approximate surface area is 275 Å². The van der Waals surface area contributed by atoms with Crippen molar-refractivity contribution in [3.63, 3.8) is 0 Å². The largest absolute Gasteiger partial charge is 0.456 e. The van der Waals surface area contributed by atoms with E-state index in [1.807, 2.05) is 54.6 Å². The van der Waals surface area contributed by atoms with Crippen LogP contribution in [-0.2, 0) is 0 Å². The minimum Gasteiger partial charge on any atom is -0.456 e. The molecule has 48 heavy (non-hydrogen) atoms. The van der Waals surface area contributed by atoms with Crippen molar-refractivity contribution < 1.29 is 8.83 Å². The monoisotopic (exact) mass is 617 g/mol. The molecule has 7 aromatic carbocycles. The highest BCUT2D eigenvalue weighted by Gasteiger charge is 2.24. The van der Waals surface area contributed by atoms with E-state index in [-0.39, 0.29) is 0 Å². The van der Waals surface area contributed by atoms with Crippen molar-refractivity contribution in [1.82, 2.24) is 5.32 Å². The maximum atomic E-state index is 6.51. The zero-order valence-corrected chi connectivity index (χ0v) is 25.7. The summed E-state index contributed by atoms with van der Waals surface area (Å²) in [7, 11) is 0. The predicted molar refractivity (Wildman–Crippen MR) is 196 cm³/mol. The molecule has 0 bridgehead atoms. The molecule has 226 valence electrons. The standard InChI is InChI=1S/C43H27N3O2/c1-2-10-27(11-3-1)41-44-42(31-20-22-37-35(24-31)32-13-6-7-15-36(32)47-37)46-43(45-41)34-14-8-16-38-40(34)33-21-19-30(25-39(33)48-38)29-18-17-26-9-4-5-12-28(26)23-29/h1-25,42H,(H,44,45,46). The van der Waals surface area contributed by atoms with Crippen LogP contribution in [0, 0.1) is 0 Å². The molecular weight excluding hydrogens is 590 g/mol. The summed E-state index contributed by atoms with van der Waals surface area (Å²) in [6, 6.07) is 52.3. The lowest BCUT2D eigenvalue weighted by atomic mass is 9.99. The molecule has 0 aliphatic carbocycles. The molecule has 3 heterocycles. The van der Waals surface area contributed by atoms with Crippen LogP contribution in [0.15, 0.2) is 170 Å². The number of furan rings is 2. The molecule has 0 saturated carbocycles. The Morgan fingerprint density at radius 2 is 1.17 bits per heavy atom. The van der Waals surface area contributed by atoms with E-state index in [0.717, 1.165) is 83.4 Å². The minimum atomic E-state index is -0.456. The van der Waals surface area contributed by atoms with Gasteiger partial charge in [0, 0.05) is 32.7 Å². The summed E-state index contributed by atoms with van der Waals surface area (Å²) < 4.78 is 12.6. The molecule has 0 fully saturated rings. The highest BCUT2D eigenvalue weighted by molar-refractivity contribution is 6.23. The van der Waals surface area contributed by atoms with Gasteiger partial charge in [0.05, 0.1) is 0 Å². The van der Waals surface area contributed by atoms with Crippen molar-refractivity contribution in [2.24, 2.45) is 9.98 Å². The lowest BCUT2D eigenvalue weighted by molar-refractivity contribution is 0.668. The fraction of sp³-hybridized carbons (Fsp3) is 0.0233. The number of aliphatic imine (C=N–C) groups is 2. The molecule has 1 aliphatic rings. The van der Waals surface area contributed by atoms with E-state index >= 15 is 0 Å². The normalized spacial score (nSPS) is 14.9. The van der Waals surface area contributed by atoms with E-state index in [1.54, 1.807) is 0 Å². The zero-order valence-electron chi connectivity index (χ0n) is 25.7. The van der Waals surface area contributed by atoms with Gasteiger partial charge in [-0.25, -0.2) is 9.98 Å². The summed E-state index contributed by atoms with van der Waals surface area (Å²) in [5.41, 5.74) is 8.59. The van der Waals surface area contributed by atoms with Crippen molar-refractivity contribution in [2.75, 3.05) is 0 Å². The number of fused-ring (bicyclic) bond motifs is 7. The van der Waals surface area contributed by atoms with E-state index in [0.29, 0.717) is 0 Å². The summed E-state index contributed by atoms with van der Waals surface area (Å²) >= 11 is 0. The lowest BCUT2D eigenvalue weighted by Gasteiger charge is -2.22. The number of nitrogens with one attached hydrogen (secondary N) is 1. The Morgan fingerprint density at radius 3 is 2.10 bits per heavy atom. The number of benzene rings is 7. The SMILES string of the molecule is c1ccc(C2=NC(c3ccc4oc5ccccc5c4c3)N=C(c3cccc4oc5cc(-c6ccc7ccccc7c6)ccc5c34)N2)cc1. The van der Waals surface area contributed by atoms with Crippen LogP contribution in [0.25, 0.3) is 65.8 Å². The van der Waals surface area contributed by atoms with Crippen LogP contribution >= 0.6 is 0 Å². The Hall–Kier alpha value is -6.46. The second-order valence-electron chi connectivity index (χ2n) is 12.2. The van der Waals surface area contributed by atoms with Gasteiger partial charge in [-0.15, -0.1) is 0 Å². The quantitative estimate of drug-likeness (QED) is 0.214. The van der Waals surface area contributed by atoms with Gasteiger partial charge >= 0.3 is 0 Å². The maximum absolute atomic E-state index is 6.51. The van der Waals surface area contributed by atoms with E-state index < -0.39 is 6.17 Å². The molecule has 0 amide bonds. The van der Waals surface area contributed by atoms with E-state index in [4.69, 9.17) is 18.8 Å². The van der Waals surface area contributed by atoms with E-state index in [1.165, 1.54) is 10.8 Å². The third kappa shape index (κ3) is 4.32. The second-order valence-corrected chi connectivity index (χ2v) is 12.2. The van der Waals surface area contributed by atoms with E-state index in [2.05, 4.69) is 102 Å². The minimum absolute atomic E-state index is 0.456. The van der Waals surface area contributed by atoms with Crippen LogP contribution in [0.4, 0.5) is 0 Å². The molecule has 0 spiro atoms. The van der Waals surface area contributed by atoms with Gasteiger partial charge in [-0.05, 0) is 69.9 Å². The number of hydrogen-bond acceptors (Lipinski definition) is 5. The van der Waals surface area contributed by atoms with Gasteiger partial charge in [-0.2, -0.15) is 0 Å². The average Bonchev–Trinajstić information content (AvgIpc) is 3.72. The summed E-state index contributed by atoms with van der Waals surface area (Å²) in [6.45, 7) is 0. The molecule has 5 heteroatoms. The van der Waals surface area contributed by atoms with E-state index in [9.17, 15) is 0 Å². The first-order chi connectivity index (χ1) is 23.7. The van der Waals surface area contributed by atoms with Crippen LogP contribution in [-0.4, -0.2) is 11.7 Å². The van der Waals surface area contributed by atoms with Crippen LogP contribution < -0.4 is 5.32 Å². The highest BCUT2D eigenvalue weighted by atomic mass is 16.3. The predicted octanol–water partition coefficient (Wildman–Crippen LogP) is 10.8. The number of rotatable bonds is 4. The fourth-order valence-corrected chi connectivity index (χ4v) is 6.95. The summed E-state index contributed by atoms with van der Waals surface area (Å²) in [4.78, 5) is 10.4. The van der Waals surface area contributed by atoms with Crippen LogP contribution in [0.3, 0.4) is 0 Å². The molecule has 10 rings (SSSR count). The van der Waals surface area contributed by atoms with Crippen molar-refractivity contribution in [3.05, 3.63) is 168 Å². The summed E-state index contributed by atoms with van der Waals surface area (Å²) in [5, 5.41) is 10.2. The first-order valence-corrected chi connectivity index (χ1v) is 16.1. The van der Waals surface area contributed by atoms with Crippen molar-refractivity contribution in [1.29, 1.82) is 0 Å². The average molecular weight is 618 g/mol. The van der Waals surface area contributed by atoms with Gasteiger partial charge < -0.3 is 14.2 Å². The molecule has 1 atom stereocenters. The van der Waals surface area contributed by atoms with Crippen LogP contribution in [0.2, 0.25) is 0 Å². The van der Waals surface area contributed by atoms with Crippen molar-refractivity contribution in [3.8, 4) is 11.1 Å². The third-order valence-electron chi connectivity index (χ3n) is 9.32. The Balaban J connectivity index is 1.12. The Kier molecular flexibility index (Phi) is 5.87. The van der Waals surface area contributed by atoms with Crippen LogP contribution in [0.1, 0.15) is 22.9 Å². The van der Waals surface area contributed by atoms with Gasteiger partial charge in [-0.1, -0.05) is 109 Å². The first kappa shape index (κ1) is 26.7. The molecule has 9 aromatic rings. The molecule has 1 unspecified atom stereocenters. The lowest BCUT2D eigenvalue weighted by Crippen LogP contribution is -2.36. The van der Waals surface area contributed by atoms with Crippen molar-refractivity contribution >= 4 is 66.3 Å². The third-order valence-corrected chi connectivity index (χ3v) is 9.32. The topological polar surface area (TPSA) is 63.0 Å². The summed E-state index contributed by atoms with van der Waals surface area (Å²) in [6.07, 6.45) is -0.456. The Bertz CT molecular complexity index is 2770. The zero-order chi connectivity index (χ0) is 31.6. The van der Waals surface area contributed by atoms with Crippen LogP contribution in [0.5, 0.6) is 0 Å². The van der Waals surface area contributed by atoms with Gasteiger partial charge in [0.1, 0.15) is 34.0 Å². The van der Waals surface area contributed by atoms with Crippen molar-refractivity contribution in [2.45, 2.75) is 6.17 Å². The first-order valence-electron chi connectivity index (χ1n) is 16.1. The van der Waals surface area contributed by atoms with Gasteiger partial charge in [0.15, 0.2) is 6.17 Å². The number of hydrogen-bond donors (Lipinski definition) is 1. The molecule has 0 saturated heterocycles. The van der Waals surface area contributed by atoms with Gasteiger partial charge in [0.2, 0.25) is 0 Å². The fourth-order valence-electron chi connectivity index (χ4n) is 6.95. The summed E-state index contributed by atoms with van der Waals surface area (Å²) in [5.74, 6) is 1.52. The molecule has 0 radical (unpaired) electrons. The smallest absolute Gasteiger partial charge is 0.169 e. The van der Waals surface area contributed by atoms with Gasteiger partial charge in [0.25, 0.3) is 0 Å². The molecule has 2 aromatic heterocycles. The second kappa shape index (κ2) is 10.5. The Morgan fingerprint density at radius 1 is 0.438 bits per heavy atom. The molecule has 1 aliphatic heterocycles. The highest BCUT2D eigenvalue weighted by Crippen LogP contribution is 2.37. The number of nitrogens with zero attached hydrogens (tertiary/aromatic N) is 2.